The van der Waals surface area contributed by atoms with Gasteiger partial charge >= 0.3 is 0 Å². The van der Waals surface area contributed by atoms with Crippen LogP contribution in [0.4, 0.5) is 0 Å². The molecule has 3 saturated heterocycles. The van der Waals surface area contributed by atoms with Crippen molar-refractivity contribution in [2.45, 2.75) is 12.8 Å². The fourth-order valence-electron chi connectivity index (χ4n) is 3.47. The van der Waals surface area contributed by atoms with E-state index in [-0.39, 0.29) is 0 Å². The molecule has 0 aromatic rings. The van der Waals surface area contributed by atoms with Gasteiger partial charge in [-0.05, 0) is 31.3 Å². The maximum atomic E-state index is 5.38. The van der Waals surface area contributed by atoms with Crippen molar-refractivity contribution in [3.8, 4) is 0 Å². The number of rotatable bonds is 3. The fraction of sp³-hybridized carbons (Fsp3) is 1.00. The van der Waals surface area contributed by atoms with Crippen LogP contribution in [0, 0.1) is 5.41 Å². The van der Waals surface area contributed by atoms with E-state index in [0.29, 0.717) is 5.41 Å². The van der Waals surface area contributed by atoms with Crippen LogP contribution in [0.3, 0.4) is 0 Å². The highest BCUT2D eigenvalue weighted by Gasteiger charge is 2.39. The molecule has 17 heavy (non-hydrogen) atoms. The first-order chi connectivity index (χ1) is 8.36. The zero-order valence-corrected chi connectivity index (χ0v) is 10.8. The van der Waals surface area contributed by atoms with E-state index in [2.05, 4.69) is 15.1 Å². The molecule has 3 rings (SSSR count). The third-order valence-corrected chi connectivity index (χ3v) is 4.69. The van der Waals surface area contributed by atoms with Crippen LogP contribution in [0.5, 0.6) is 0 Å². The molecule has 3 aliphatic heterocycles. The molecule has 1 N–H and O–H groups in total. The van der Waals surface area contributed by atoms with E-state index in [4.69, 9.17) is 4.74 Å². The Bertz CT molecular complexity index is 247. The topological polar surface area (TPSA) is 27.7 Å². The first-order valence-corrected chi connectivity index (χ1v) is 7.10. The average Bonchev–Trinajstić information content (AvgIpc) is 2.99. The van der Waals surface area contributed by atoms with Gasteiger partial charge in [0.2, 0.25) is 0 Å². The minimum atomic E-state index is 0.630. The summed E-state index contributed by atoms with van der Waals surface area (Å²) >= 11 is 0. The molecule has 3 heterocycles. The highest BCUT2D eigenvalue weighted by Crippen LogP contribution is 2.35. The van der Waals surface area contributed by atoms with Crippen LogP contribution < -0.4 is 5.32 Å². The van der Waals surface area contributed by atoms with E-state index in [1.54, 1.807) is 0 Å². The van der Waals surface area contributed by atoms with Crippen LogP contribution in [-0.2, 0) is 4.74 Å². The molecule has 0 radical (unpaired) electrons. The van der Waals surface area contributed by atoms with Gasteiger partial charge in [-0.15, -0.1) is 0 Å². The molecule has 0 aromatic heterocycles. The van der Waals surface area contributed by atoms with E-state index in [9.17, 15) is 0 Å². The lowest BCUT2D eigenvalue weighted by Crippen LogP contribution is -2.41. The normalized spacial score (nSPS) is 36.0. The molecular weight excluding hydrogens is 214 g/mol. The fourth-order valence-corrected chi connectivity index (χ4v) is 3.47. The molecule has 98 valence electrons. The van der Waals surface area contributed by atoms with Gasteiger partial charge in [0.05, 0.1) is 13.2 Å². The summed E-state index contributed by atoms with van der Waals surface area (Å²) in [7, 11) is 0. The molecule has 3 fully saturated rings. The lowest BCUT2D eigenvalue weighted by Gasteiger charge is -2.29. The Kier molecular flexibility index (Phi) is 3.66. The molecule has 1 atom stereocenters. The minimum Gasteiger partial charge on any atom is -0.379 e. The number of morpholine rings is 1. The van der Waals surface area contributed by atoms with Gasteiger partial charge in [0.15, 0.2) is 0 Å². The van der Waals surface area contributed by atoms with Crippen LogP contribution >= 0.6 is 0 Å². The SMILES string of the molecule is C1CC2(CCN(CCN3CCOCC3)C2)CN1. The van der Waals surface area contributed by atoms with Gasteiger partial charge in [-0.3, -0.25) is 4.90 Å². The number of hydrogen-bond acceptors (Lipinski definition) is 4. The number of hydrogen-bond donors (Lipinski definition) is 1. The second-order valence-electron chi connectivity index (χ2n) is 5.91. The predicted molar refractivity (Wildman–Crippen MR) is 68.2 cm³/mol. The average molecular weight is 239 g/mol. The van der Waals surface area contributed by atoms with Crippen molar-refractivity contribution in [3.05, 3.63) is 0 Å². The standard InChI is InChI=1S/C13H25N3O/c1-3-14-11-13(1)2-4-16(12-13)6-5-15-7-9-17-10-8-15/h14H,1-12H2. The summed E-state index contributed by atoms with van der Waals surface area (Å²) in [6, 6.07) is 0. The summed E-state index contributed by atoms with van der Waals surface area (Å²) in [6.07, 6.45) is 2.80. The Balaban J connectivity index is 1.41. The quantitative estimate of drug-likeness (QED) is 0.750. The van der Waals surface area contributed by atoms with Crippen molar-refractivity contribution in [1.29, 1.82) is 0 Å². The van der Waals surface area contributed by atoms with E-state index in [1.807, 2.05) is 0 Å². The molecule has 1 unspecified atom stereocenters. The predicted octanol–water partition coefficient (Wildman–Crippen LogP) is 0.00400. The van der Waals surface area contributed by atoms with Gasteiger partial charge in [0.25, 0.3) is 0 Å². The maximum Gasteiger partial charge on any atom is 0.0594 e. The Morgan fingerprint density at radius 3 is 2.59 bits per heavy atom. The maximum absolute atomic E-state index is 5.38. The molecule has 0 aromatic carbocycles. The van der Waals surface area contributed by atoms with Gasteiger partial charge in [0, 0.05) is 39.3 Å². The third-order valence-electron chi connectivity index (χ3n) is 4.69. The van der Waals surface area contributed by atoms with E-state index < -0.39 is 0 Å². The summed E-state index contributed by atoms with van der Waals surface area (Å²) in [6.45, 7) is 11.7. The van der Waals surface area contributed by atoms with Gasteiger partial charge in [0.1, 0.15) is 0 Å². The first kappa shape index (κ1) is 11.9. The van der Waals surface area contributed by atoms with Gasteiger partial charge < -0.3 is 15.0 Å². The lowest BCUT2D eigenvalue weighted by molar-refractivity contribution is 0.0340. The van der Waals surface area contributed by atoms with Crippen molar-refractivity contribution < 1.29 is 4.74 Å². The van der Waals surface area contributed by atoms with Crippen molar-refractivity contribution in [3.63, 3.8) is 0 Å². The van der Waals surface area contributed by atoms with Crippen LogP contribution in [-0.4, -0.2) is 75.4 Å². The summed E-state index contributed by atoms with van der Waals surface area (Å²) in [5.41, 5.74) is 0.630. The van der Waals surface area contributed by atoms with Gasteiger partial charge in [-0.2, -0.15) is 0 Å². The molecule has 3 aliphatic rings. The molecule has 1 spiro atoms. The number of nitrogens with one attached hydrogen (secondary N) is 1. The number of ether oxygens (including phenoxy) is 1. The zero-order valence-electron chi connectivity index (χ0n) is 10.8. The van der Waals surface area contributed by atoms with Crippen LogP contribution in [0.25, 0.3) is 0 Å². The molecule has 4 nitrogen and oxygen atoms in total. The molecule has 0 amide bonds. The molecule has 0 saturated carbocycles. The molecular formula is C13H25N3O. The van der Waals surface area contributed by atoms with Gasteiger partial charge in [-0.25, -0.2) is 0 Å². The van der Waals surface area contributed by atoms with E-state index in [0.717, 1.165) is 26.3 Å². The van der Waals surface area contributed by atoms with Crippen LogP contribution in [0.15, 0.2) is 0 Å². The van der Waals surface area contributed by atoms with E-state index in [1.165, 1.54) is 52.1 Å². The van der Waals surface area contributed by atoms with Crippen molar-refractivity contribution >= 4 is 0 Å². The van der Waals surface area contributed by atoms with Crippen molar-refractivity contribution in [1.82, 2.24) is 15.1 Å². The first-order valence-electron chi connectivity index (χ1n) is 7.10. The Morgan fingerprint density at radius 2 is 1.82 bits per heavy atom. The Hall–Kier alpha value is -0.160. The summed E-state index contributed by atoms with van der Waals surface area (Å²) in [5.74, 6) is 0. The van der Waals surface area contributed by atoms with Crippen LogP contribution in [0.2, 0.25) is 0 Å². The highest BCUT2D eigenvalue weighted by molar-refractivity contribution is 4.95. The second-order valence-corrected chi connectivity index (χ2v) is 5.91. The lowest BCUT2D eigenvalue weighted by atomic mass is 9.87. The highest BCUT2D eigenvalue weighted by atomic mass is 16.5. The van der Waals surface area contributed by atoms with E-state index >= 15 is 0 Å². The minimum absolute atomic E-state index is 0.630. The molecule has 4 heteroatoms. The Labute approximate surface area is 104 Å². The molecule has 0 aliphatic carbocycles. The van der Waals surface area contributed by atoms with Gasteiger partial charge in [-0.1, -0.05) is 0 Å². The second kappa shape index (κ2) is 5.22. The summed E-state index contributed by atoms with van der Waals surface area (Å²) in [4.78, 5) is 5.21. The van der Waals surface area contributed by atoms with Crippen molar-refractivity contribution in [2.24, 2.45) is 5.41 Å². The smallest absolute Gasteiger partial charge is 0.0594 e. The van der Waals surface area contributed by atoms with Crippen molar-refractivity contribution in [2.75, 3.05) is 65.6 Å². The summed E-state index contributed by atoms with van der Waals surface area (Å²) in [5, 5.41) is 3.53. The Morgan fingerprint density at radius 1 is 1.00 bits per heavy atom. The van der Waals surface area contributed by atoms with Crippen LogP contribution in [0.1, 0.15) is 12.8 Å². The molecule has 0 bridgehead atoms. The monoisotopic (exact) mass is 239 g/mol. The number of nitrogens with zero attached hydrogens (tertiary/aromatic N) is 2. The zero-order chi connectivity index (χ0) is 11.6. The third kappa shape index (κ3) is 2.81. The summed E-state index contributed by atoms with van der Waals surface area (Å²) < 4.78 is 5.38. The number of likely N-dealkylation sites (tertiary alicyclic amines) is 1. The largest absolute Gasteiger partial charge is 0.379 e.